The first-order valence-electron chi connectivity index (χ1n) is 10.8. The number of rotatable bonds is 6. The zero-order valence-electron chi connectivity index (χ0n) is 18.1. The molecule has 2 heterocycles. The fourth-order valence-electron chi connectivity index (χ4n) is 3.81. The smallest absolute Gasteiger partial charge is 0.351 e. The van der Waals surface area contributed by atoms with Crippen LogP contribution in [0.25, 0.3) is 0 Å². The third-order valence-corrected chi connectivity index (χ3v) is 5.98. The lowest BCUT2D eigenvalue weighted by molar-refractivity contribution is -0.140. The number of aliphatic imine (C=N–C) groups is 1. The topological polar surface area (TPSA) is 121 Å². The summed E-state index contributed by atoms with van der Waals surface area (Å²) < 4.78 is 5.47. The summed E-state index contributed by atoms with van der Waals surface area (Å²) in [6.45, 7) is 5.48. The number of esters is 1. The van der Waals surface area contributed by atoms with Crippen LogP contribution in [0, 0.1) is 23.2 Å². The van der Waals surface area contributed by atoms with Gasteiger partial charge in [0.25, 0.3) is 0 Å². The molecule has 8 heteroatoms. The van der Waals surface area contributed by atoms with E-state index in [1.807, 2.05) is 49.1 Å². The van der Waals surface area contributed by atoms with Crippen molar-refractivity contribution < 1.29 is 14.3 Å². The number of fused-ring (bicyclic) bond motifs is 1. The number of nitrogens with zero attached hydrogens (tertiary/aromatic N) is 3. The zero-order valence-corrected chi connectivity index (χ0v) is 18.1. The van der Waals surface area contributed by atoms with E-state index in [0.717, 1.165) is 18.5 Å². The third kappa shape index (κ3) is 5.05. The van der Waals surface area contributed by atoms with Crippen molar-refractivity contribution in [3.63, 3.8) is 0 Å². The molecule has 1 fully saturated rings. The van der Waals surface area contributed by atoms with Gasteiger partial charge in [-0.15, -0.1) is 0 Å². The molecule has 164 valence electrons. The van der Waals surface area contributed by atoms with E-state index < -0.39 is 5.97 Å². The van der Waals surface area contributed by atoms with Crippen molar-refractivity contribution in [2.24, 2.45) is 22.6 Å². The van der Waals surface area contributed by atoms with Crippen LogP contribution in [0.4, 0.5) is 11.4 Å². The fourth-order valence-corrected chi connectivity index (χ4v) is 3.81. The maximum Gasteiger partial charge on any atom is 0.351 e. The van der Waals surface area contributed by atoms with E-state index in [1.165, 1.54) is 0 Å². The van der Waals surface area contributed by atoms with Gasteiger partial charge in [-0.2, -0.15) is 5.26 Å². The molecule has 2 aliphatic heterocycles. The second-order valence-corrected chi connectivity index (χ2v) is 7.88. The predicted molar refractivity (Wildman–Crippen MR) is 118 cm³/mol. The highest BCUT2D eigenvalue weighted by atomic mass is 16.5. The predicted octanol–water partition coefficient (Wildman–Crippen LogP) is 3.10. The van der Waals surface area contributed by atoms with E-state index in [4.69, 9.17) is 15.5 Å². The lowest BCUT2D eigenvalue weighted by Crippen LogP contribution is -2.44. The van der Waals surface area contributed by atoms with Gasteiger partial charge >= 0.3 is 5.97 Å². The summed E-state index contributed by atoms with van der Waals surface area (Å²) >= 11 is 0. The Morgan fingerprint density at radius 2 is 1.97 bits per heavy atom. The number of piperidine rings is 1. The SMILES string of the molecule is CCC(CC)COC(=O)/C(C#N)=C1\Nc2ccccc2N=C1N1CCC(C(N)=O)CC1. The molecule has 3 rings (SSSR count). The molecule has 2 aliphatic rings. The van der Waals surface area contributed by atoms with Gasteiger partial charge < -0.3 is 20.7 Å². The summed E-state index contributed by atoms with van der Waals surface area (Å²) in [5.41, 5.74) is 7.14. The summed E-state index contributed by atoms with van der Waals surface area (Å²) in [5.74, 6) is -0.357. The van der Waals surface area contributed by atoms with Crippen molar-refractivity contribution in [1.82, 2.24) is 4.90 Å². The molecule has 0 atom stereocenters. The number of ether oxygens (including phenoxy) is 1. The van der Waals surface area contributed by atoms with Crippen LogP contribution in [0.1, 0.15) is 39.5 Å². The molecule has 0 aromatic heterocycles. The molecule has 3 N–H and O–H groups in total. The van der Waals surface area contributed by atoms with Gasteiger partial charge in [-0.3, -0.25) is 4.79 Å². The Hall–Kier alpha value is -3.34. The van der Waals surface area contributed by atoms with Crippen LogP contribution in [0.3, 0.4) is 0 Å². The summed E-state index contributed by atoms with van der Waals surface area (Å²) in [6.07, 6.45) is 3.00. The number of amides is 1. The van der Waals surface area contributed by atoms with Crippen LogP contribution in [0.15, 0.2) is 40.5 Å². The molecule has 0 aliphatic carbocycles. The Kier molecular flexibility index (Phi) is 7.29. The number of anilines is 1. The first kappa shape index (κ1) is 22.3. The van der Waals surface area contributed by atoms with Crippen molar-refractivity contribution in [1.29, 1.82) is 5.26 Å². The van der Waals surface area contributed by atoms with Crippen LogP contribution in [-0.2, 0) is 14.3 Å². The number of primary amides is 1. The van der Waals surface area contributed by atoms with E-state index in [-0.39, 0.29) is 29.9 Å². The number of nitrogens with one attached hydrogen (secondary N) is 1. The summed E-state index contributed by atoms with van der Waals surface area (Å²) in [6, 6.07) is 9.47. The average molecular weight is 424 g/mol. The zero-order chi connectivity index (χ0) is 22.4. The first-order valence-corrected chi connectivity index (χ1v) is 10.8. The van der Waals surface area contributed by atoms with Gasteiger partial charge in [0.1, 0.15) is 11.8 Å². The molecule has 31 heavy (non-hydrogen) atoms. The standard InChI is InChI=1S/C23H29N5O3/c1-3-15(4-2)14-31-23(30)17(13-24)20-22(27-19-8-6-5-7-18(19)26-20)28-11-9-16(10-12-28)21(25)29/h5-8,15-16,26H,3-4,9-12,14H2,1-2H3,(H2,25,29)/b20-17-. The Morgan fingerprint density at radius 1 is 1.29 bits per heavy atom. The van der Waals surface area contributed by atoms with E-state index in [0.29, 0.717) is 43.2 Å². The number of amidine groups is 1. The summed E-state index contributed by atoms with van der Waals surface area (Å²) in [5, 5.41) is 13.0. The number of nitriles is 1. The number of carbonyl (C=O) groups is 2. The van der Waals surface area contributed by atoms with Gasteiger partial charge in [0, 0.05) is 19.0 Å². The van der Waals surface area contributed by atoms with Crippen molar-refractivity contribution in [2.75, 3.05) is 25.0 Å². The maximum absolute atomic E-state index is 12.8. The van der Waals surface area contributed by atoms with Gasteiger partial charge in [0.15, 0.2) is 11.4 Å². The minimum atomic E-state index is -0.656. The van der Waals surface area contributed by atoms with E-state index in [9.17, 15) is 14.9 Å². The van der Waals surface area contributed by atoms with Crippen molar-refractivity contribution in [2.45, 2.75) is 39.5 Å². The van der Waals surface area contributed by atoms with Gasteiger partial charge in [-0.05, 0) is 30.9 Å². The Morgan fingerprint density at radius 3 is 2.58 bits per heavy atom. The van der Waals surface area contributed by atoms with Crippen molar-refractivity contribution in [3.8, 4) is 6.07 Å². The molecule has 1 saturated heterocycles. The largest absolute Gasteiger partial charge is 0.461 e. The number of hydrogen-bond donors (Lipinski definition) is 2. The molecule has 1 aromatic carbocycles. The molecular formula is C23H29N5O3. The lowest BCUT2D eigenvalue weighted by atomic mass is 9.95. The number of para-hydroxylation sites is 2. The number of nitrogens with two attached hydrogens (primary N) is 1. The quantitative estimate of drug-likeness (QED) is 0.412. The van der Waals surface area contributed by atoms with E-state index >= 15 is 0 Å². The Labute approximate surface area is 182 Å². The summed E-state index contributed by atoms with van der Waals surface area (Å²) in [7, 11) is 0. The van der Waals surface area contributed by atoms with Crippen LogP contribution in [0.2, 0.25) is 0 Å². The first-order chi connectivity index (χ1) is 15.0. The summed E-state index contributed by atoms with van der Waals surface area (Å²) in [4.78, 5) is 31.1. The van der Waals surface area contributed by atoms with Gasteiger partial charge in [-0.1, -0.05) is 38.8 Å². The maximum atomic E-state index is 12.8. The van der Waals surface area contributed by atoms with Crippen molar-refractivity contribution >= 4 is 29.1 Å². The van der Waals surface area contributed by atoms with Gasteiger partial charge in [0.2, 0.25) is 5.91 Å². The molecule has 1 aromatic rings. The molecule has 0 unspecified atom stereocenters. The Bertz CT molecular complexity index is 935. The average Bonchev–Trinajstić information content (AvgIpc) is 2.79. The van der Waals surface area contributed by atoms with Crippen LogP contribution >= 0.6 is 0 Å². The normalized spacial score (nSPS) is 17.9. The Balaban J connectivity index is 1.93. The molecule has 0 spiro atoms. The second kappa shape index (κ2) is 10.1. The third-order valence-electron chi connectivity index (χ3n) is 5.98. The van der Waals surface area contributed by atoms with E-state index in [2.05, 4.69) is 5.32 Å². The number of hydrogen-bond acceptors (Lipinski definition) is 7. The number of benzene rings is 1. The highest BCUT2D eigenvalue weighted by molar-refractivity contribution is 6.12. The van der Waals surface area contributed by atoms with Crippen LogP contribution < -0.4 is 11.1 Å². The second-order valence-electron chi connectivity index (χ2n) is 7.88. The highest BCUT2D eigenvalue weighted by Crippen LogP contribution is 2.33. The minimum Gasteiger partial charge on any atom is -0.461 e. The lowest BCUT2D eigenvalue weighted by Gasteiger charge is -2.35. The number of carbonyl (C=O) groups excluding carboxylic acids is 2. The minimum absolute atomic E-state index is 0.101. The molecule has 8 nitrogen and oxygen atoms in total. The molecular weight excluding hydrogens is 394 g/mol. The molecule has 1 amide bonds. The van der Waals surface area contributed by atoms with E-state index in [1.54, 1.807) is 0 Å². The monoisotopic (exact) mass is 423 g/mol. The molecule has 0 radical (unpaired) electrons. The molecule has 0 saturated carbocycles. The van der Waals surface area contributed by atoms with Crippen LogP contribution in [0.5, 0.6) is 0 Å². The van der Waals surface area contributed by atoms with Gasteiger partial charge in [-0.25, -0.2) is 9.79 Å². The van der Waals surface area contributed by atoms with Crippen molar-refractivity contribution in [3.05, 3.63) is 35.5 Å². The molecule has 0 bridgehead atoms. The van der Waals surface area contributed by atoms with Crippen LogP contribution in [-0.4, -0.2) is 42.3 Å². The number of likely N-dealkylation sites (tertiary alicyclic amines) is 1. The highest BCUT2D eigenvalue weighted by Gasteiger charge is 2.32. The van der Waals surface area contributed by atoms with Gasteiger partial charge in [0.05, 0.1) is 18.0 Å². The fraction of sp³-hybridized carbons (Fsp3) is 0.478.